The smallest absolute Gasteiger partial charge is 0.339 e. The third-order valence-corrected chi connectivity index (χ3v) is 6.98. The number of anilines is 3. The molecular formula is C28H32N4O2. The van der Waals surface area contributed by atoms with E-state index in [0.717, 1.165) is 52.1 Å². The number of hydrogen-bond donors (Lipinski definition) is 1. The number of benzene rings is 2. The van der Waals surface area contributed by atoms with Crippen LogP contribution < -0.4 is 9.80 Å². The number of carbonyl (C=O) groups is 1. The van der Waals surface area contributed by atoms with Gasteiger partial charge in [-0.25, -0.2) is 9.78 Å². The van der Waals surface area contributed by atoms with E-state index in [9.17, 15) is 9.90 Å². The van der Waals surface area contributed by atoms with Crippen LogP contribution in [0.2, 0.25) is 0 Å². The van der Waals surface area contributed by atoms with Crippen molar-refractivity contribution in [3.63, 3.8) is 0 Å². The van der Waals surface area contributed by atoms with Gasteiger partial charge < -0.3 is 14.9 Å². The summed E-state index contributed by atoms with van der Waals surface area (Å²) < 4.78 is 0. The topological polar surface area (TPSA) is 59.9 Å². The first-order valence-corrected chi connectivity index (χ1v) is 12.2. The quantitative estimate of drug-likeness (QED) is 0.590. The first-order chi connectivity index (χ1) is 16.6. The Morgan fingerprint density at radius 1 is 0.882 bits per heavy atom. The molecule has 0 spiro atoms. The number of nitrogens with zero attached hydrogens (tertiary/aromatic N) is 4. The van der Waals surface area contributed by atoms with Gasteiger partial charge in [-0.15, -0.1) is 0 Å². The van der Waals surface area contributed by atoms with Crippen molar-refractivity contribution >= 4 is 23.2 Å². The zero-order valence-corrected chi connectivity index (χ0v) is 19.7. The van der Waals surface area contributed by atoms with Crippen LogP contribution in [0.1, 0.15) is 28.4 Å². The number of fused-ring (bicyclic) bond motifs is 2. The Kier molecular flexibility index (Phi) is 6.50. The largest absolute Gasteiger partial charge is 0.478 e. The van der Waals surface area contributed by atoms with E-state index in [0.29, 0.717) is 11.7 Å². The third kappa shape index (κ3) is 4.64. The van der Waals surface area contributed by atoms with Crippen molar-refractivity contribution in [2.75, 3.05) is 49.1 Å². The van der Waals surface area contributed by atoms with Gasteiger partial charge in [0, 0.05) is 56.8 Å². The second-order valence-corrected chi connectivity index (χ2v) is 9.44. The summed E-state index contributed by atoms with van der Waals surface area (Å²) in [5.74, 6) is 0.146. The molecule has 2 aliphatic rings. The number of rotatable bonds is 6. The molecule has 1 atom stereocenters. The molecule has 2 aromatic carbocycles. The average Bonchev–Trinajstić information content (AvgIpc) is 3.02. The van der Waals surface area contributed by atoms with Crippen LogP contribution in [0.3, 0.4) is 0 Å². The maximum absolute atomic E-state index is 11.6. The van der Waals surface area contributed by atoms with Crippen LogP contribution in [0.4, 0.5) is 17.2 Å². The van der Waals surface area contributed by atoms with E-state index < -0.39 is 5.97 Å². The minimum Gasteiger partial charge on any atom is -0.478 e. The van der Waals surface area contributed by atoms with Gasteiger partial charge in [0.25, 0.3) is 0 Å². The highest BCUT2D eigenvalue weighted by Gasteiger charge is 2.25. The summed E-state index contributed by atoms with van der Waals surface area (Å²) >= 11 is 0. The van der Waals surface area contributed by atoms with Crippen molar-refractivity contribution in [1.82, 2.24) is 9.88 Å². The molecule has 0 saturated carbocycles. The summed E-state index contributed by atoms with van der Waals surface area (Å²) in [6.07, 6.45) is 3.82. The molecule has 1 unspecified atom stereocenters. The maximum Gasteiger partial charge on any atom is 0.339 e. The molecule has 1 fully saturated rings. The Bertz CT molecular complexity index is 1110. The van der Waals surface area contributed by atoms with Crippen molar-refractivity contribution in [1.29, 1.82) is 0 Å². The first kappa shape index (κ1) is 22.4. The molecule has 3 heterocycles. The molecule has 1 aromatic heterocycles. The molecule has 2 aliphatic heterocycles. The van der Waals surface area contributed by atoms with Gasteiger partial charge in [0.15, 0.2) is 0 Å². The lowest BCUT2D eigenvalue weighted by Crippen LogP contribution is -2.49. The monoisotopic (exact) mass is 456 g/mol. The lowest BCUT2D eigenvalue weighted by atomic mass is 10.0. The molecule has 0 radical (unpaired) electrons. The zero-order valence-electron chi connectivity index (χ0n) is 19.7. The SMILES string of the molecule is CC(CN1CCN(c2ncccc2C(=O)O)CC1)CN1c2ccccc2CCc2ccccc21. The Morgan fingerprint density at radius 3 is 2.12 bits per heavy atom. The molecule has 176 valence electrons. The summed E-state index contributed by atoms with van der Waals surface area (Å²) in [4.78, 5) is 23.1. The third-order valence-electron chi connectivity index (χ3n) is 6.98. The molecule has 6 nitrogen and oxygen atoms in total. The van der Waals surface area contributed by atoms with Crippen LogP contribution in [0, 0.1) is 5.92 Å². The van der Waals surface area contributed by atoms with Crippen LogP contribution in [-0.4, -0.2) is 60.2 Å². The second-order valence-electron chi connectivity index (χ2n) is 9.44. The van der Waals surface area contributed by atoms with E-state index in [2.05, 4.69) is 75.1 Å². The summed E-state index contributed by atoms with van der Waals surface area (Å²) in [6, 6.07) is 21.0. The number of carboxylic acid groups (broad SMARTS) is 1. The van der Waals surface area contributed by atoms with Crippen LogP contribution in [-0.2, 0) is 12.8 Å². The number of piperazine rings is 1. The summed E-state index contributed by atoms with van der Waals surface area (Å²) in [7, 11) is 0. The van der Waals surface area contributed by atoms with Gasteiger partial charge in [0.05, 0.1) is 0 Å². The van der Waals surface area contributed by atoms with E-state index in [1.54, 1.807) is 18.3 Å². The van der Waals surface area contributed by atoms with Crippen molar-refractivity contribution < 1.29 is 9.90 Å². The fourth-order valence-corrected chi connectivity index (χ4v) is 5.34. The van der Waals surface area contributed by atoms with Crippen LogP contribution in [0.5, 0.6) is 0 Å². The Balaban J connectivity index is 1.26. The highest BCUT2D eigenvalue weighted by Crippen LogP contribution is 2.36. The van der Waals surface area contributed by atoms with E-state index in [-0.39, 0.29) is 5.56 Å². The molecule has 0 aliphatic carbocycles. The number of hydrogen-bond acceptors (Lipinski definition) is 5. The predicted octanol–water partition coefficient (Wildman–Crippen LogP) is 4.47. The molecule has 0 amide bonds. The summed E-state index contributed by atoms with van der Waals surface area (Å²) in [5.41, 5.74) is 5.79. The van der Waals surface area contributed by atoms with Gasteiger partial charge in [-0.2, -0.15) is 0 Å². The maximum atomic E-state index is 11.6. The van der Waals surface area contributed by atoms with Gasteiger partial charge in [0.2, 0.25) is 0 Å². The fourth-order valence-electron chi connectivity index (χ4n) is 5.34. The number of pyridine rings is 1. The molecule has 6 heteroatoms. The van der Waals surface area contributed by atoms with Gasteiger partial charge in [0.1, 0.15) is 11.4 Å². The molecule has 1 N–H and O–H groups in total. The van der Waals surface area contributed by atoms with E-state index >= 15 is 0 Å². The van der Waals surface area contributed by atoms with Crippen molar-refractivity contribution in [3.8, 4) is 0 Å². The molecule has 3 aromatic rings. The van der Waals surface area contributed by atoms with E-state index in [1.165, 1.54) is 22.5 Å². The first-order valence-electron chi connectivity index (χ1n) is 12.2. The lowest BCUT2D eigenvalue weighted by Gasteiger charge is -2.38. The summed E-state index contributed by atoms with van der Waals surface area (Å²) in [5, 5.41) is 9.50. The van der Waals surface area contributed by atoms with E-state index in [1.807, 2.05) is 0 Å². The molecule has 1 saturated heterocycles. The Labute approximate surface area is 201 Å². The fraction of sp³-hybridized carbons (Fsp3) is 0.357. The number of para-hydroxylation sites is 2. The lowest BCUT2D eigenvalue weighted by molar-refractivity contribution is 0.0697. The number of carboxylic acids is 1. The minimum atomic E-state index is -0.919. The van der Waals surface area contributed by atoms with Crippen LogP contribution in [0.15, 0.2) is 66.9 Å². The van der Waals surface area contributed by atoms with Gasteiger partial charge in [-0.1, -0.05) is 43.3 Å². The predicted molar refractivity (Wildman–Crippen MR) is 136 cm³/mol. The average molecular weight is 457 g/mol. The molecule has 5 rings (SSSR count). The molecule has 34 heavy (non-hydrogen) atoms. The number of aromatic carboxylic acids is 1. The number of aryl methyl sites for hydroxylation is 2. The Morgan fingerprint density at radius 2 is 1.50 bits per heavy atom. The zero-order chi connectivity index (χ0) is 23.5. The van der Waals surface area contributed by atoms with Gasteiger partial charge >= 0.3 is 5.97 Å². The van der Waals surface area contributed by atoms with Gasteiger partial charge in [-0.3, -0.25) is 4.90 Å². The van der Waals surface area contributed by atoms with Crippen molar-refractivity contribution in [2.24, 2.45) is 5.92 Å². The van der Waals surface area contributed by atoms with Crippen LogP contribution in [0.25, 0.3) is 0 Å². The van der Waals surface area contributed by atoms with Gasteiger partial charge in [-0.05, 0) is 54.2 Å². The highest BCUT2D eigenvalue weighted by atomic mass is 16.4. The van der Waals surface area contributed by atoms with Crippen molar-refractivity contribution in [2.45, 2.75) is 19.8 Å². The standard InChI is InChI=1S/C28H32N4O2/c1-21(19-30-15-17-31(18-16-30)27-24(28(33)34)9-6-14-29-27)20-32-25-10-4-2-7-22(25)12-13-23-8-3-5-11-26(23)32/h2-11,14,21H,12-13,15-20H2,1H3,(H,33,34). The van der Waals surface area contributed by atoms with Crippen LogP contribution >= 0.6 is 0 Å². The van der Waals surface area contributed by atoms with Crippen molar-refractivity contribution in [3.05, 3.63) is 83.6 Å². The second kappa shape index (κ2) is 9.85. The minimum absolute atomic E-state index is 0.280. The number of aromatic nitrogens is 1. The normalized spacial score (nSPS) is 17.0. The molecule has 0 bridgehead atoms. The highest BCUT2D eigenvalue weighted by molar-refractivity contribution is 5.93. The Hall–Kier alpha value is -3.38. The van der Waals surface area contributed by atoms with E-state index in [4.69, 9.17) is 0 Å². The summed E-state index contributed by atoms with van der Waals surface area (Å²) in [6.45, 7) is 7.73. The molecular weight excluding hydrogens is 424 g/mol.